The zero-order chi connectivity index (χ0) is 18.4. The summed E-state index contributed by atoms with van der Waals surface area (Å²) in [5.74, 6) is 1.03. The third-order valence-electron chi connectivity index (χ3n) is 3.54. The molecule has 6 heteroatoms. The second kappa shape index (κ2) is 8.40. The Hall–Kier alpha value is -2.99. The number of benzene rings is 2. The van der Waals surface area contributed by atoms with Crippen LogP contribution >= 0.6 is 15.9 Å². The van der Waals surface area contributed by atoms with Crippen molar-refractivity contribution in [1.29, 1.82) is 0 Å². The molecule has 2 N–H and O–H groups in total. The van der Waals surface area contributed by atoms with E-state index in [9.17, 15) is 4.79 Å². The highest BCUT2D eigenvalue weighted by atomic mass is 79.9. The van der Waals surface area contributed by atoms with Gasteiger partial charge in [-0.15, -0.1) is 0 Å². The minimum Gasteiger partial charge on any atom is -0.483 e. The first kappa shape index (κ1) is 17.8. The number of allylic oxidation sites excluding steroid dienone is 1. The predicted octanol–water partition coefficient (Wildman–Crippen LogP) is 4.42. The van der Waals surface area contributed by atoms with Crippen LogP contribution in [0.4, 0.5) is 0 Å². The molecule has 1 aromatic heterocycles. The van der Waals surface area contributed by atoms with E-state index in [4.69, 9.17) is 9.15 Å². The molecule has 2 aromatic carbocycles. The molecule has 0 spiro atoms. The summed E-state index contributed by atoms with van der Waals surface area (Å²) in [5.41, 5.74) is 5.77. The molecule has 0 bridgehead atoms. The molecule has 0 fully saturated rings. The zero-order valence-electron chi connectivity index (χ0n) is 13.9. The van der Waals surface area contributed by atoms with Crippen LogP contribution in [0.5, 0.6) is 5.75 Å². The highest BCUT2D eigenvalue weighted by Gasteiger charge is 2.07. The molecule has 1 heterocycles. The molecule has 1 amide bonds. The minimum atomic E-state index is -0.315. The number of hydrazine groups is 1. The molecule has 26 heavy (non-hydrogen) atoms. The van der Waals surface area contributed by atoms with Crippen molar-refractivity contribution in [1.82, 2.24) is 10.9 Å². The van der Waals surface area contributed by atoms with Crippen LogP contribution in [0, 0.1) is 0 Å². The summed E-state index contributed by atoms with van der Waals surface area (Å²) in [7, 11) is 0. The van der Waals surface area contributed by atoms with Gasteiger partial charge < -0.3 is 9.15 Å². The third kappa shape index (κ3) is 4.55. The summed E-state index contributed by atoms with van der Waals surface area (Å²) in [5, 5.41) is 1.97. The van der Waals surface area contributed by atoms with Crippen LogP contribution in [0.15, 0.2) is 82.0 Å². The summed E-state index contributed by atoms with van der Waals surface area (Å²) in [6.45, 7) is 3.68. The predicted molar refractivity (Wildman–Crippen MR) is 105 cm³/mol. The quantitative estimate of drug-likeness (QED) is 0.445. The average Bonchev–Trinajstić information content (AvgIpc) is 3.18. The first-order valence-corrected chi connectivity index (χ1v) is 8.68. The van der Waals surface area contributed by atoms with Crippen molar-refractivity contribution in [2.24, 2.45) is 0 Å². The SMILES string of the molecule is C=C(/C=C/c1ccco1)NNC(=O)COc1ccc(Br)c2ccccc12. The smallest absolute Gasteiger partial charge is 0.276 e. The van der Waals surface area contributed by atoms with E-state index in [1.807, 2.05) is 42.5 Å². The Kier molecular flexibility index (Phi) is 5.76. The van der Waals surface area contributed by atoms with Gasteiger partial charge in [-0.2, -0.15) is 0 Å². The number of nitrogens with one attached hydrogen (secondary N) is 2. The van der Waals surface area contributed by atoms with Gasteiger partial charge in [-0.05, 0) is 41.8 Å². The van der Waals surface area contributed by atoms with Gasteiger partial charge in [-0.3, -0.25) is 15.6 Å². The lowest BCUT2D eigenvalue weighted by Gasteiger charge is -2.11. The number of halogens is 1. The van der Waals surface area contributed by atoms with Crippen molar-refractivity contribution in [3.63, 3.8) is 0 Å². The fraction of sp³-hybridized carbons (Fsp3) is 0.0500. The molecule has 0 aliphatic carbocycles. The van der Waals surface area contributed by atoms with E-state index in [0.29, 0.717) is 17.2 Å². The van der Waals surface area contributed by atoms with Gasteiger partial charge in [0.1, 0.15) is 11.5 Å². The maximum Gasteiger partial charge on any atom is 0.276 e. The number of carbonyl (C=O) groups is 1. The Morgan fingerprint density at radius 3 is 2.69 bits per heavy atom. The van der Waals surface area contributed by atoms with Crippen molar-refractivity contribution in [3.05, 3.63) is 83.4 Å². The van der Waals surface area contributed by atoms with Crippen molar-refractivity contribution in [2.45, 2.75) is 0 Å². The van der Waals surface area contributed by atoms with E-state index in [1.54, 1.807) is 24.5 Å². The van der Waals surface area contributed by atoms with Crippen LogP contribution < -0.4 is 15.6 Å². The van der Waals surface area contributed by atoms with Crippen molar-refractivity contribution < 1.29 is 13.9 Å². The van der Waals surface area contributed by atoms with Gasteiger partial charge in [-0.25, -0.2) is 0 Å². The fourth-order valence-corrected chi connectivity index (χ4v) is 2.78. The summed E-state index contributed by atoms with van der Waals surface area (Å²) in [4.78, 5) is 12.0. The molecule has 3 rings (SSSR count). The maximum atomic E-state index is 12.0. The van der Waals surface area contributed by atoms with Gasteiger partial charge >= 0.3 is 0 Å². The van der Waals surface area contributed by atoms with Crippen LogP contribution in [0.2, 0.25) is 0 Å². The summed E-state index contributed by atoms with van der Waals surface area (Å²) in [6.07, 6.45) is 5.02. The van der Waals surface area contributed by atoms with Crippen LogP contribution in [0.25, 0.3) is 16.8 Å². The van der Waals surface area contributed by atoms with E-state index in [-0.39, 0.29) is 12.5 Å². The summed E-state index contributed by atoms with van der Waals surface area (Å²) in [6, 6.07) is 15.2. The first-order valence-electron chi connectivity index (χ1n) is 7.89. The number of fused-ring (bicyclic) bond motifs is 1. The molecule has 132 valence electrons. The average molecular weight is 413 g/mol. The molecule has 5 nitrogen and oxygen atoms in total. The van der Waals surface area contributed by atoms with E-state index in [2.05, 4.69) is 33.4 Å². The molecule has 0 radical (unpaired) electrons. The van der Waals surface area contributed by atoms with Crippen molar-refractivity contribution in [3.8, 4) is 5.75 Å². The molecule has 3 aromatic rings. The van der Waals surface area contributed by atoms with E-state index in [1.165, 1.54) is 0 Å². The number of hydrogen-bond donors (Lipinski definition) is 2. The lowest BCUT2D eigenvalue weighted by Crippen LogP contribution is -2.39. The Morgan fingerprint density at radius 1 is 1.12 bits per heavy atom. The molecule has 0 aliphatic heterocycles. The molecule has 0 saturated heterocycles. The van der Waals surface area contributed by atoms with Gasteiger partial charge in [-0.1, -0.05) is 46.8 Å². The molecule has 0 unspecified atom stereocenters. The van der Waals surface area contributed by atoms with Gasteiger partial charge in [0.2, 0.25) is 0 Å². The van der Waals surface area contributed by atoms with Crippen molar-refractivity contribution in [2.75, 3.05) is 6.61 Å². The largest absolute Gasteiger partial charge is 0.483 e. The van der Waals surface area contributed by atoms with Gasteiger partial charge in [0, 0.05) is 15.6 Å². The molecule has 0 aliphatic rings. The Bertz CT molecular complexity index is 949. The zero-order valence-corrected chi connectivity index (χ0v) is 15.5. The lowest BCUT2D eigenvalue weighted by atomic mass is 10.1. The lowest BCUT2D eigenvalue weighted by molar-refractivity contribution is -0.123. The number of hydrogen-bond acceptors (Lipinski definition) is 4. The number of carbonyl (C=O) groups excluding carboxylic acids is 1. The van der Waals surface area contributed by atoms with Gasteiger partial charge in [0.15, 0.2) is 6.61 Å². The second-order valence-electron chi connectivity index (χ2n) is 5.43. The topological polar surface area (TPSA) is 63.5 Å². The maximum absolute atomic E-state index is 12.0. The minimum absolute atomic E-state index is 0.117. The number of furan rings is 1. The van der Waals surface area contributed by atoms with Crippen molar-refractivity contribution >= 4 is 38.7 Å². The van der Waals surface area contributed by atoms with E-state index < -0.39 is 0 Å². The fourth-order valence-electron chi connectivity index (χ4n) is 2.30. The number of amides is 1. The first-order chi connectivity index (χ1) is 12.6. The number of ether oxygens (including phenoxy) is 1. The Balaban J connectivity index is 1.52. The monoisotopic (exact) mass is 412 g/mol. The van der Waals surface area contributed by atoms with Crippen LogP contribution in [0.3, 0.4) is 0 Å². The summed E-state index contributed by atoms with van der Waals surface area (Å²) < 4.78 is 11.8. The van der Waals surface area contributed by atoms with Crippen LogP contribution in [-0.2, 0) is 4.79 Å². The highest BCUT2D eigenvalue weighted by molar-refractivity contribution is 9.10. The molecule has 0 saturated carbocycles. The Labute approximate surface area is 159 Å². The standard InChI is InChI=1S/C20H17BrN2O3/c1-14(8-9-15-5-4-12-25-15)22-23-20(24)13-26-19-11-10-18(21)16-6-2-3-7-17(16)19/h2-12,22H,1,13H2,(H,23,24)/b9-8+. The molecule has 0 atom stereocenters. The summed E-state index contributed by atoms with van der Waals surface area (Å²) >= 11 is 3.51. The molecular weight excluding hydrogens is 396 g/mol. The third-order valence-corrected chi connectivity index (χ3v) is 4.24. The highest BCUT2D eigenvalue weighted by Crippen LogP contribution is 2.31. The normalized spacial score (nSPS) is 10.8. The van der Waals surface area contributed by atoms with E-state index >= 15 is 0 Å². The second-order valence-corrected chi connectivity index (χ2v) is 6.28. The van der Waals surface area contributed by atoms with Crippen LogP contribution in [-0.4, -0.2) is 12.5 Å². The number of rotatable bonds is 7. The van der Waals surface area contributed by atoms with Gasteiger partial charge in [0.05, 0.1) is 6.26 Å². The van der Waals surface area contributed by atoms with E-state index in [0.717, 1.165) is 15.2 Å². The Morgan fingerprint density at radius 2 is 1.92 bits per heavy atom. The van der Waals surface area contributed by atoms with Crippen LogP contribution in [0.1, 0.15) is 5.76 Å². The molecular formula is C20H17BrN2O3. The van der Waals surface area contributed by atoms with Gasteiger partial charge in [0.25, 0.3) is 5.91 Å².